The molecule has 0 bridgehead atoms. The minimum atomic E-state index is -0.242. The van der Waals surface area contributed by atoms with Gasteiger partial charge in [-0.05, 0) is 54.2 Å². The predicted octanol–water partition coefficient (Wildman–Crippen LogP) is 3.48. The number of aryl methyl sites for hydroxylation is 1. The molecule has 2 amide bonds. The molecule has 0 radical (unpaired) electrons. The van der Waals surface area contributed by atoms with Crippen LogP contribution in [0, 0.1) is 12.8 Å². The maximum absolute atomic E-state index is 12.7. The summed E-state index contributed by atoms with van der Waals surface area (Å²) in [6.07, 6.45) is 1.04. The van der Waals surface area contributed by atoms with Gasteiger partial charge in [0.2, 0.25) is 5.91 Å². The van der Waals surface area contributed by atoms with E-state index in [1.807, 2.05) is 39.0 Å². The van der Waals surface area contributed by atoms with Crippen molar-refractivity contribution in [3.05, 3.63) is 64.7 Å². The molecule has 0 saturated carbocycles. The number of carbonyl (C=O) groups is 2. The molecule has 31 heavy (non-hydrogen) atoms. The lowest BCUT2D eigenvalue weighted by molar-refractivity contribution is -0.116. The molecule has 1 saturated heterocycles. The monoisotopic (exact) mass is 423 g/mol. The fraction of sp³-hybridized carbons (Fsp3) is 0.440. The van der Waals surface area contributed by atoms with E-state index >= 15 is 0 Å². The number of carbonyl (C=O) groups excluding carboxylic acids is 2. The van der Waals surface area contributed by atoms with Crippen LogP contribution >= 0.6 is 0 Å². The van der Waals surface area contributed by atoms with Crippen molar-refractivity contribution in [3.8, 4) is 0 Å². The Morgan fingerprint density at radius 2 is 1.90 bits per heavy atom. The van der Waals surface area contributed by atoms with Gasteiger partial charge in [0.25, 0.3) is 5.91 Å². The highest BCUT2D eigenvalue weighted by Crippen LogP contribution is 2.19. The summed E-state index contributed by atoms with van der Waals surface area (Å²) in [4.78, 5) is 27.0. The average molecular weight is 424 g/mol. The highest BCUT2D eigenvalue weighted by Gasteiger charge is 2.21. The Hall–Kier alpha value is -2.70. The number of aliphatic hydroxyl groups excluding tert-OH is 1. The molecule has 1 aliphatic rings. The molecular formula is C25H33N3O3. The average Bonchev–Trinajstić information content (AvgIpc) is 3.12. The number of likely N-dealkylation sites (tertiary alicyclic amines) is 1. The lowest BCUT2D eigenvalue weighted by atomic mass is 10.1. The van der Waals surface area contributed by atoms with Gasteiger partial charge in [0.15, 0.2) is 0 Å². The minimum Gasteiger partial charge on any atom is -0.392 e. The van der Waals surface area contributed by atoms with Gasteiger partial charge in [-0.2, -0.15) is 0 Å². The van der Waals surface area contributed by atoms with E-state index in [0.717, 1.165) is 41.9 Å². The molecule has 0 spiro atoms. The summed E-state index contributed by atoms with van der Waals surface area (Å²) in [7, 11) is 0. The maximum Gasteiger partial charge on any atom is 0.251 e. The second-order valence-corrected chi connectivity index (χ2v) is 8.80. The van der Waals surface area contributed by atoms with Gasteiger partial charge >= 0.3 is 0 Å². The highest BCUT2D eigenvalue weighted by molar-refractivity contribution is 5.96. The van der Waals surface area contributed by atoms with Crippen LogP contribution in [-0.2, 0) is 17.9 Å². The molecule has 3 rings (SSSR count). The van der Waals surface area contributed by atoms with Crippen molar-refractivity contribution in [3.63, 3.8) is 0 Å². The molecule has 6 nitrogen and oxygen atoms in total. The zero-order chi connectivity index (χ0) is 22.4. The van der Waals surface area contributed by atoms with Gasteiger partial charge in [0.1, 0.15) is 0 Å². The van der Waals surface area contributed by atoms with Crippen LogP contribution in [-0.4, -0.2) is 41.0 Å². The third-order valence-corrected chi connectivity index (χ3v) is 5.56. The molecule has 1 fully saturated rings. The summed E-state index contributed by atoms with van der Waals surface area (Å²) < 4.78 is 0. The normalized spacial score (nSPS) is 16.5. The SMILES string of the molecule is Cc1cc(C(=O)NCc2ccccc2CN2CCC(O)C2)ccc1NC(=O)CC(C)C. The first-order valence-electron chi connectivity index (χ1n) is 11.0. The summed E-state index contributed by atoms with van der Waals surface area (Å²) in [6, 6.07) is 13.4. The first-order chi connectivity index (χ1) is 14.8. The molecule has 3 N–H and O–H groups in total. The summed E-state index contributed by atoms with van der Waals surface area (Å²) in [6.45, 7) is 8.70. The van der Waals surface area contributed by atoms with Gasteiger partial charge < -0.3 is 15.7 Å². The molecular weight excluding hydrogens is 390 g/mol. The summed E-state index contributed by atoms with van der Waals surface area (Å²) >= 11 is 0. The van der Waals surface area contributed by atoms with Crippen molar-refractivity contribution in [1.29, 1.82) is 0 Å². The summed E-state index contributed by atoms with van der Waals surface area (Å²) in [5, 5.41) is 15.7. The van der Waals surface area contributed by atoms with Crippen LogP contribution < -0.4 is 10.6 Å². The molecule has 1 aliphatic heterocycles. The third-order valence-electron chi connectivity index (χ3n) is 5.56. The Morgan fingerprint density at radius 1 is 1.16 bits per heavy atom. The van der Waals surface area contributed by atoms with Crippen LogP contribution in [0.1, 0.15) is 53.7 Å². The van der Waals surface area contributed by atoms with Gasteiger partial charge in [0.05, 0.1) is 6.10 Å². The standard InChI is InChI=1S/C25H33N3O3/c1-17(2)12-24(30)27-23-9-8-19(13-18(23)3)25(31)26-14-20-6-4-5-7-21(20)15-28-11-10-22(29)16-28/h4-9,13,17,22,29H,10-12,14-16H2,1-3H3,(H,26,31)(H,27,30). The van der Waals surface area contributed by atoms with Crippen LogP contribution in [0.4, 0.5) is 5.69 Å². The van der Waals surface area contributed by atoms with Crippen molar-refractivity contribution in [1.82, 2.24) is 10.2 Å². The van der Waals surface area contributed by atoms with Gasteiger partial charge in [-0.3, -0.25) is 14.5 Å². The fourth-order valence-electron chi connectivity index (χ4n) is 3.88. The molecule has 1 heterocycles. The quantitative estimate of drug-likeness (QED) is 0.607. The minimum absolute atomic E-state index is 0.0163. The van der Waals surface area contributed by atoms with Gasteiger partial charge in [-0.25, -0.2) is 0 Å². The van der Waals surface area contributed by atoms with Crippen molar-refractivity contribution in [2.75, 3.05) is 18.4 Å². The predicted molar refractivity (Wildman–Crippen MR) is 123 cm³/mol. The number of nitrogens with one attached hydrogen (secondary N) is 2. The van der Waals surface area contributed by atoms with Gasteiger partial charge in [-0.15, -0.1) is 0 Å². The molecule has 166 valence electrons. The zero-order valence-corrected chi connectivity index (χ0v) is 18.6. The van der Waals surface area contributed by atoms with Crippen LogP contribution in [0.25, 0.3) is 0 Å². The Balaban J connectivity index is 1.60. The first kappa shape index (κ1) is 23.0. The van der Waals surface area contributed by atoms with Gasteiger partial charge in [-0.1, -0.05) is 38.1 Å². The Morgan fingerprint density at radius 3 is 2.55 bits per heavy atom. The topological polar surface area (TPSA) is 81.7 Å². The van der Waals surface area contributed by atoms with Crippen molar-refractivity contribution < 1.29 is 14.7 Å². The molecule has 6 heteroatoms. The number of rotatable bonds is 8. The highest BCUT2D eigenvalue weighted by atomic mass is 16.3. The largest absolute Gasteiger partial charge is 0.392 e. The van der Waals surface area contributed by atoms with E-state index in [1.54, 1.807) is 18.2 Å². The van der Waals surface area contributed by atoms with E-state index < -0.39 is 0 Å². The van der Waals surface area contributed by atoms with Crippen LogP contribution in [0.15, 0.2) is 42.5 Å². The summed E-state index contributed by atoms with van der Waals surface area (Å²) in [5.74, 6) is 0.135. The van der Waals surface area contributed by atoms with Crippen molar-refractivity contribution in [2.24, 2.45) is 5.92 Å². The van der Waals surface area contributed by atoms with E-state index in [0.29, 0.717) is 31.0 Å². The summed E-state index contributed by atoms with van der Waals surface area (Å²) in [5.41, 5.74) is 4.40. The molecule has 1 atom stereocenters. The Labute approximate surface area is 184 Å². The molecule has 2 aromatic carbocycles. The van der Waals surface area contributed by atoms with E-state index in [9.17, 15) is 14.7 Å². The number of anilines is 1. The number of hydrogen-bond donors (Lipinski definition) is 3. The maximum atomic E-state index is 12.7. The van der Waals surface area contributed by atoms with Gasteiger partial charge in [0, 0.05) is 43.9 Å². The molecule has 0 aromatic heterocycles. The third kappa shape index (κ3) is 6.64. The second kappa shape index (κ2) is 10.6. The van der Waals surface area contributed by atoms with E-state index in [4.69, 9.17) is 0 Å². The zero-order valence-electron chi connectivity index (χ0n) is 18.6. The number of nitrogens with zero attached hydrogens (tertiary/aromatic N) is 1. The van der Waals surface area contributed by atoms with E-state index in [2.05, 4.69) is 21.6 Å². The molecule has 0 aliphatic carbocycles. The number of aliphatic hydroxyl groups is 1. The number of β-amino-alcohol motifs (C(OH)–C–C–N with tert-alkyl or cyclic N) is 1. The number of amides is 2. The number of hydrogen-bond acceptors (Lipinski definition) is 4. The Kier molecular flexibility index (Phi) is 7.82. The van der Waals surface area contributed by atoms with Crippen molar-refractivity contribution in [2.45, 2.75) is 52.8 Å². The first-order valence-corrected chi connectivity index (χ1v) is 11.0. The van der Waals surface area contributed by atoms with Crippen LogP contribution in [0.5, 0.6) is 0 Å². The van der Waals surface area contributed by atoms with Crippen LogP contribution in [0.2, 0.25) is 0 Å². The number of benzene rings is 2. The lowest BCUT2D eigenvalue weighted by Gasteiger charge is -2.18. The van der Waals surface area contributed by atoms with E-state index in [-0.39, 0.29) is 17.9 Å². The van der Waals surface area contributed by atoms with E-state index in [1.165, 1.54) is 0 Å². The smallest absolute Gasteiger partial charge is 0.251 e. The second-order valence-electron chi connectivity index (χ2n) is 8.80. The fourth-order valence-corrected chi connectivity index (χ4v) is 3.88. The molecule has 1 unspecified atom stereocenters. The Bertz CT molecular complexity index is 926. The lowest BCUT2D eigenvalue weighted by Crippen LogP contribution is -2.26. The molecule has 2 aromatic rings. The van der Waals surface area contributed by atoms with Crippen molar-refractivity contribution >= 4 is 17.5 Å². The van der Waals surface area contributed by atoms with Crippen LogP contribution in [0.3, 0.4) is 0 Å².